The zero-order valence-corrected chi connectivity index (χ0v) is 12.7. The Morgan fingerprint density at radius 3 is 2.55 bits per heavy atom. The lowest BCUT2D eigenvalue weighted by Crippen LogP contribution is -2.29. The van der Waals surface area contributed by atoms with E-state index in [1.807, 2.05) is 26.0 Å². The number of β-amino-alcohol motifs (C(OH)–C–C–N with tert-alkyl or cyclic N) is 1. The molecular formula is C14H22N2O3S. The fraction of sp³-hybridized carbons (Fsp3) is 0.571. The van der Waals surface area contributed by atoms with E-state index in [4.69, 9.17) is 0 Å². The van der Waals surface area contributed by atoms with E-state index in [-0.39, 0.29) is 12.6 Å². The lowest BCUT2D eigenvalue weighted by atomic mass is 10.1. The zero-order valence-electron chi connectivity index (χ0n) is 11.9. The Bertz CT molecular complexity index is 542. The Morgan fingerprint density at radius 2 is 2.05 bits per heavy atom. The highest BCUT2D eigenvalue weighted by Gasteiger charge is 2.31. The van der Waals surface area contributed by atoms with Crippen molar-refractivity contribution in [3.05, 3.63) is 29.8 Å². The summed E-state index contributed by atoms with van der Waals surface area (Å²) in [7, 11) is -3.47. The van der Waals surface area contributed by atoms with Gasteiger partial charge in [0, 0.05) is 19.1 Å². The summed E-state index contributed by atoms with van der Waals surface area (Å²) in [6, 6.07) is 7.16. The molecule has 0 aliphatic carbocycles. The maximum atomic E-state index is 12.4. The quantitative estimate of drug-likeness (QED) is 0.854. The van der Waals surface area contributed by atoms with E-state index < -0.39 is 16.1 Å². The monoisotopic (exact) mass is 298 g/mol. The number of hydrogen-bond acceptors (Lipinski definition) is 4. The maximum absolute atomic E-state index is 12.4. The molecule has 2 rings (SSSR count). The fourth-order valence-electron chi connectivity index (χ4n) is 2.43. The molecule has 6 heteroatoms. The number of sulfonamides is 1. The van der Waals surface area contributed by atoms with Crippen molar-refractivity contribution in [2.24, 2.45) is 0 Å². The number of benzene rings is 1. The molecule has 112 valence electrons. The number of nitrogens with zero attached hydrogens (tertiary/aromatic N) is 1. The van der Waals surface area contributed by atoms with Crippen molar-refractivity contribution in [1.29, 1.82) is 0 Å². The van der Waals surface area contributed by atoms with Gasteiger partial charge in [0.25, 0.3) is 0 Å². The Morgan fingerprint density at radius 1 is 1.40 bits per heavy atom. The molecule has 1 saturated heterocycles. The first-order valence-electron chi connectivity index (χ1n) is 6.96. The van der Waals surface area contributed by atoms with E-state index in [1.54, 1.807) is 12.1 Å². The predicted molar refractivity (Wildman–Crippen MR) is 77.9 cm³/mol. The molecule has 0 saturated carbocycles. The standard InChI is InChI=1S/C14H22N2O3S/c1-3-15-11(2)12-4-6-14(7-5-12)20(18,19)16-9-8-13(17)10-16/h4-7,11,13,15,17H,3,8-10H2,1-2H3. The number of nitrogens with one attached hydrogen (secondary N) is 1. The van der Waals surface area contributed by atoms with Gasteiger partial charge in [0.05, 0.1) is 11.0 Å². The van der Waals surface area contributed by atoms with Gasteiger partial charge in [0.15, 0.2) is 0 Å². The van der Waals surface area contributed by atoms with Crippen molar-refractivity contribution >= 4 is 10.0 Å². The zero-order chi connectivity index (χ0) is 14.8. The van der Waals surface area contributed by atoms with Crippen LogP contribution in [0.4, 0.5) is 0 Å². The molecule has 1 aliphatic rings. The molecule has 1 fully saturated rings. The van der Waals surface area contributed by atoms with Crippen LogP contribution in [0.5, 0.6) is 0 Å². The summed E-state index contributed by atoms with van der Waals surface area (Å²) < 4.78 is 26.1. The molecule has 1 heterocycles. The van der Waals surface area contributed by atoms with Gasteiger partial charge in [0.1, 0.15) is 0 Å². The van der Waals surface area contributed by atoms with Gasteiger partial charge in [-0.05, 0) is 37.6 Å². The molecule has 1 aromatic rings. The summed E-state index contributed by atoms with van der Waals surface area (Å²) in [5.74, 6) is 0. The summed E-state index contributed by atoms with van der Waals surface area (Å²) in [6.07, 6.45) is -0.0350. The minimum Gasteiger partial charge on any atom is -0.392 e. The van der Waals surface area contributed by atoms with E-state index in [0.717, 1.165) is 12.1 Å². The summed E-state index contributed by atoms with van der Waals surface area (Å²) in [4.78, 5) is 0.291. The first-order valence-corrected chi connectivity index (χ1v) is 8.40. The minimum absolute atomic E-state index is 0.192. The third-order valence-corrected chi connectivity index (χ3v) is 5.53. The van der Waals surface area contributed by atoms with E-state index in [0.29, 0.717) is 17.9 Å². The average Bonchev–Trinajstić information content (AvgIpc) is 2.86. The molecule has 0 aromatic heterocycles. The Labute approximate surface area is 120 Å². The van der Waals surface area contributed by atoms with E-state index in [1.165, 1.54) is 4.31 Å². The van der Waals surface area contributed by atoms with Gasteiger partial charge >= 0.3 is 0 Å². The first kappa shape index (κ1) is 15.4. The lowest BCUT2D eigenvalue weighted by molar-refractivity contribution is 0.189. The molecule has 0 spiro atoms. The molecule has 0 bridgehead atoms. The van der Waals surface area contributed by atoms with Crippen LogP contribution in [0.15, 0.2) is 29.2 Å². The van der Waals surface area contributed by atoms with Gasteiger partial charge < -0.3 is 10.4 Å². The van der Waals surface area contributed by atoms with Crippen molar-refractivity contribution in [3.8, 4) is 0 Å². The summed E-state index contributed by atoms with van der Waals surface area (Å²) in [6.45, 7) is 5.53. The maximum Gasteiger partial charge on any atom is 0.243 e. The molecule has 20 heavy (non-hydrogen) atoms. The van der Waals surface area contributed by atoms with Crippen LogP contribution in [0.2, 0.25) is 0 Å². The van der Waals surface area contributed by atoms with Crippen LogP contribution in [0.1, 0.15) is 31.9 Å². The Balaban J connectivity index is 2.17. The lowest BCUT2D eigenvalue weighted by Gasteiger charge is -2.17. The number of hydrogen-bond donors (Lipinski definition) is 2. The Kier molecular flexibility index (Phi) is 4.80. The number of rotatable bonds is 5. The summed E-state index contributed by atoms with van der Waals surface area (Å²) in [5.41, 5.74) is 1.06. The highest BCUT2D eigenvalue weighted by molar-refractivity contribution is 7.89. The van der Waals surface area contributed by atoms with Gasteiger partial charge in [-0.15, -0.1) is 0 Å². The van der Waals surface area contributed by atoms with Crippen molar-refractivity contribution in [2.45, 2.75) is 37.3 Å². The van der Waals surface area contributed by atoms with Crippen LogP contribution < -0.4 is 5.32 Å². The molecule has 0 amide bonds. The molecule has 2 unspecified atom stereocenters. The van der Waals surface area contributed by atoms with Crippen molar-refractivity contribution in [1.82, 2.24) is 9.62 Å². The van der Waals surface area contributed by atoms with Crippen LogP contribution in [0, 0.1) is 0 Å². The predicted octanol–water partition coefficient (Wildman–Crippen LogP) is 1.11. The van der Waals surface area contributed by atoms with E-state index in [9.17, 15) is 13.5 Å². The Hall–Kier alpha value is -0.950. The largest absolute Gasteiger partial charge is 0.392 e. The molecule has 2 atom stereocenters. The van der Waals surface area contributed by atoms with Crippen molar-refractivity contribution < 1.29 is 13.5 Å². The average molecular weight is 298 g/mol. The third kappa shape index (κ3) is 3.20. The van der Waals surface area contributed by atoms with Gasteiger partial charge in [-0.1, -0.05) is 19.1 Å². The highest BCUT2D eigenvalue weighted by atomic mass is 32.2. The summed E-state index contributed by atoms with van der Waals surface area (Å²) >= 11 is 0. The van der Waals surface area contributed by atoms with Crippen LogP contribution >= 0.6 is 0 Å². The molecule has 1 aliphatic heterocycles. The number of aliphatic hydroxyl groups is 1. The highest BCUT2D eigenvalue weighted by Crippen LogP contribution is 2.22. The van der Waals surface area contributed by atoms with Crippen molar-refractivity contribution in [2.75, 3.05) is 19.6 Å². The first-order chi connectivity index (χ1) is 9.45. The second kappa shape index (κ2) is 6.22. The topological polar surface area (TPSA) is 69.6 Å². The SMILES string of the molecule is CCNC(C)c1ccc(S(=O)(=O)N2CCC(O)C2)cc1. The fourth-order valence-corrected chi connectivity index (χ4v) is 3.92. The smallest absolute Gasteiger partial charge is 0.243 e. The third-order valence-electron chi connectivity index (χ3n) is 3.65. The van der Waals surface area contributed by atoms with Crippen molar-refractivity contribution in [3.63, 3.8) is 0 Å². The normalized spacial score (nSPS) is 22.1. The van der Waals surface area contributed by atoms with Gasteiger partial charge in [-0.25, -0.2) is 8.42 Å². The molecule has 2 N–H and O–H groups in total. The van der Waals surface area contributed by atoms with Crippen LogP contribution in [-0.2, 0) is 10.0 Å². The van der Waals surface area contributed by atoms with Gasteiger partial charge in [-0.3, -0.25) is 0 Å². The number of aliphatic hydroxyl groups excluding tert-OH is 1. The minimum atomic E-state index is -3.47. The van der Waals surface area contributed by atoms with E-state index >= 15 is 0 Å². The van der Waals surface area contributed by atoms with Crippen LogP contribution in [0.3, 0.4) is 0 Å². The second-order valence-electron chi connectivity index (χ2n) is 5.15. The molecule has 1 aromatic carbocycles. The second-order valence-corrected chi connectivity index (χ2v) is 7.09. The molecular weight excluding hydrogens is 276 g/mol. The van der Waals surface area contributed by atoms with E-state index in [2.05, 4.69) is 5.32 Å². The van der Waals surface area contributed by atoms with Crippen LogP contribution in [0.25, 0.3) is 0 Å². The summed E-state index contributed by atoms with van der Waals surface area (Å²) in [5, 5.41) is 12.8. The molecule has 0 radical (unpaired) electrons. The molecule has 5 nitrogen and oxygen atoms in total. The van der Waals surface area contributed by atoms with Gasteiger partial charge in [-0.2, -0.15) is 4.31 Å². The van der Waals surface area contributed by atoms with Gasteiger partial charge in [0.2, 0.25) is 10.0 Å². The van der Waals surface area contributed by atoms with Crippen LogP contribution in [-0.4, -0.2) is 43.6 Å².